The van der Waals surface area contributed by atoms with Gasteiger partial charge in [0.1, 0.15) is 0 Å². The lowest BCUT2D eigenvalue weighted by Crippen LogP contribution is -2.45. The van der Waals surface area contributed by atoms with Gasteiger partial charge in [-0.25, -0.2) is 0 Å². The largest absolute Gasteiger partial charge is 0.466 e. The molecule has 0 radical (unpaired) electrons. The summed E-state index contributed by atoms with van der Waals surface area (Å²) in [5, 5.41) is 23.4. The second-order valence-corrected chi connectivity index (χ2v) is 21.8. The Morgan fingerprint density at radius 3 is 1.06 bits per heavy atom. The lowest BCUT2D eigenvalue weighted by atomic mass is 10.0. The fraction of sp³-hybridized carbons (Fsp3) is 0.906. The van der Waals surface area contributed by atoms with Crippen LogP contribution in [0.15, 0.2) is 24.3 Å². The number of unbranched alkanes of at least 4 members (excludes halogenated alkanes) is 45. The molecule has 70 heavy (non-hydrogen) atoms. The molecule has 0 aromatic heterocycles. The highest BCUT2D eigenvalue weighted by atomic mass is 16.5. The van der Waals surface area contributed by atoms with E-state index in [4.69, 9.17) is 4.74 Å². The topological polar surface area (TPSA) is 95.9 Å². The van der Waals surface area contributed by atoms with Gasteiger partial charge in [-0.15, -0.1) is 0 Å². The average molecular weight is 987 g/mol. The minimum absolute atomic E-state index is 0.0173. The van der Waals surface area contributed by atoms with E-state index in [1.165, 1.54) is 238 Å². The maximum absolute atomic E-state index is 12.5. The summed E-state index contributed by atoms with van der Waals surface area (Å²) in [6.45, 7) is 4.93. The van der Waals surface area contributed by atoms with E-state index in [0.717, 1.165) is 77.0 Å². The highest BCUT2D eigenvalue weighted by molar-refractivity contribution is 5.76. The summed E-state index contributed by atoms with van der Waals surface area (Å²) >= 11 is 0. The molecular formula is C64H123NO5. The zero-order valence-corrected chi connectivity index (χ0v) is 47.3. The lowest BCUT2D eigenvalue weighted by Gasteiger charge is -2.22. The summed E-state index contributed by atoms with van der Waals surface area (Å²) in [5.74, 6) is -0.0711. The molecule has 6 heteroatoms. The SMILES string of the molecule is CCCCCCCCCCCCCCCCCCCCCCCCC(O)C(CO)NC(=O)CCCCCCCC/C=C\C=C/CCCCCOC(=O)CCCCCCCCCCCCCCCCCC. The quantitative estimate of drug-likeness (QED) is 0.0321. The predicted octanol–water partition coefficient (Wildman–Crippen LogP) is 19.8. The molecule has 6 nitrogen and oxygen atoms in total. The van der Waals surface area contributed by atoms with Crippen LogP contribution in [0, 0.1) is 0 Å². The number of rotatable bonds is 59. The summed E-state index contributed by atoms with van der Waals surface area (Å²) < 4.78 is 5.46. The van der Waals surface area contributed by atoms with Crippen molar-refractivity contribution >= 4 is 11.9 Å². The van der Waals surface area contributed by atoms with E-state index >= 15 is 0 Å². The standard InChI is InChI=1S/C64H123NO5/c1-3-5-7-9-11-13-15-17-19-21-22-23-24-25-26-28-32-36-40-44-48-52-56-62(67)61(60-66)65-63(68)57-53-49-45-41-37-33-29-27-31-35-39-43-47-51-55-59-70-64(69)58-54-50-46-42-38-34-30-20-18-16-14-12-10-8-6-4-2/h27,31,35,39,61-62,66-67H,3-26,28-30,32-34,36-38,40-60H2,1-2H3,(H,65,68)/b31-27-,39-35-. The van der Waals surface area contributed by atoms with Crippen molar-refractivity contribution in [1.29, 1.82) is 0 Å². The van der Waals surface area contributed by atoms with Gasteiger partial charge >= 0.3 is 5.97 Å². The number of amides is 1. The molecule has 3 N–H and O–H groups in total. The van der Waals surface area contributed by atoms with E-state index in [1.54, 1.807) is 0 Å². The van der Waals surface area contributed by atoms with Gasteiger partial charge < -0.3 is 20.3 Å². The molecule has 0 aliphatic rings. The molecule has 0 saturated carbocycles. The van der Waals surface area contributed by atoms with E-state index in [2.05, 4.69) is 43.5 Å². The monoisotopic (exact) mass is 986 g/mol. The van der Waals surface area contributed by atoms with E-state index in [0.29, 0.717) is 25.9 Å². The normalized spacial score (nSPS) is 12.7. The third kappa shape index (κ3) is 55.7. The molecule has 2 atom stereocenters. The molecule has 0 bridgehead atoms. The van der Waals surface area contributed by atoms with Gasteiger partial charge in [-0.1, -0.05) is 301 Å². The van der Waals surface area contributed by atoms with Gasteiger partial charge in [0.15, 0.2) is 0 Å². The maximum atomic E-state index is 12.5. The Labute approximate surface area is 437 Å². The average Bonchev–Trinajstić information content (AvgIpc) is 3.36. The van der Waals surface area contributed by atoms with Crippen LogP contribution in [-0.2, 0) is 14.3 Å². The van der Waals surface area contributed by atoms with Crippen LogP contribution in [0.1, 0.15) is 348 Å². The van der Waals surface area contributed by atoms with Crippen LogP contribution in [0.3, 0.4) is 0 Å². The van der Waals surface area contributed by atoms with Crippen LogP contribution in [0.5, 0.6) is 0 Å². The molecule has 0 fully saturated rings. The number of hydrogen-bond acceptors (Lipinski definition) is 5. The first-order chi connectivity index (χ1) is 34.5. The molecular weight excluding hydrogens is 863 g/mol. The highest BCUT2D eigenvalue weighted by Gasteiger charge is 2.20. The molecule has 0 aromatic rings. The fourth-order valence-corrected chi connectivity index (χ4v) is 9.93. The van der Waals surface area contributed by atoms with Crippen molar-refractivity contribution in [2.24, 2.45) is 0 Å². The van der Waals surface area contributed by atoms with Crippen LogP contribution >= 0.6 is 0 Å². The number of ether oxygens (including phenoxy) is 1. The van der Waals surface area contributed by atoms with Crippen LogP contribution in [0.4, 0.5) is 0 Å². The van der Waals surface area contributed by atoms with Crippen molar-refractivity contribution in [2.75, 3.05) is 13.2 Å². The van der Waals surface area contributed by atoms with E-state index < -0.39 is 12.1 Å². The second-order valence-electron chi connectivity index (χ2n) is 21.8. The summed E-state index contributed by atoms with van der Waals surface area (Å²) in [7, 11) is 0. The lowest BCUT2D eigenvalue weighted by molar-refractivity contribution is -0.143. The number of hydrogen-bond donors (Lipinski definition) is 3. The second kappa shape index (κ2) is 59.9. The van der Waals surface area contributed by atoms with Crippen molar-refractivity contribution in [3.05, 3.63) is 24.3 Å². The first kappa shape index (κ1) is 68.3. The molecule has 0 heterocycles. The Balaban J connectivity index is 3.49. The number of carbonyl (C=O) groups excluding carboxylic acids is 2. The van der Waals surface area contributed by atoms with E-state index in [1.807, 2.05) is 0 Å². The van der Waals surface area contributed by atoms with Crippen LogP contribution in [0.25, 0.3) is 0 Å². The molecule has 0 spiro atoms. The van der Waals surface area contributed by atoms with Gasteiger partial charge in [0.2, 0.25) is 5.91 Å². The van der Waals surface area contributed by atoms with Gasteiger partial charge in [0.25, 0.3) is 0 Å². The number of aliphatic hydroxyl groups is 2. The number of aliphatic hydroxyl groups excluding tert-OH is 2. The molecule has 414 valence electrons. The van der Waals surface area contributed by atoms with Gasteiger partial charge in [-0.2, -0.15) is 0 Å². The molecule has 0 aromatic carbocycles. The molecule has 0 aliphatic carbocycles. The van der Waals surface area contributed by atoms with Crippen molar-refractivity contribution < 1.29 is 24.5 Å². The van der Waals surface area contributed by atoms with Gasteiger partial charge in [-0.3, -0.25) is 9.59 Å². The number of nitrogens with one attached hydrogen (secondary N) is 1. The maximum Gasteiger partial charge on any atom is 0.305 e. The van der Waals surface area contributed by atoms with Crippen LogP contribution < -0.4 is 5.32 Å². The van der Waals surface area contributed by atoms with Gasteiger partial charge in [0, 0.05) is 12.8 Å². The summed E-state index contributed by atoms with van der Waals surface area (Å²) in [4.78, 5) is 24.6. The minimum atomic E-state index is -0.680. The van der Waals surface area contributed by atoms with Gasteiger partial charge in [-0.05, 0) is 57.8 Å². The minimum Gasteiger partial charge on any atom is -0.466 e. The third-order valence-corrected chi connectivity index (χ3v) is 14.8. The molecule has 0 saturated heterocycles. The smallest absolute Gasteiger partial charge is 0.305 e. The molecule has 0 aliphatic heterocycles. The Morgan fingerprint density at radius 1 is 0.400 bits per heavy atom. The number of esters is 1. The third-order valence-electron chi connectivity index (χ3n) is 14.8. The Morgan fingerprint density at radius 2 is 0.700 bits per heavy atom. The molecule has 0 rings (SSSR count). The summed E-state index contributed by atoms with van der Waals surface area (Å²) in [6.07, 6.45) is 73.3. The van der Waals surface area contributed by atoms with Gasteiger partial charge in [0.05, 0.1) is 25.4 Å². The first-order valence-corrected chi connectivity index (χ1v) is 31.6. The predicted molar refractivity (Wildman–Crippen MR) is 306 cm³/mol. The highest BCUT2D eigenvalue weighted by Crippen LogP contribution is 2.18. The molecule has 1 amide bonds. The summed E-state index contributed by atoms with van der Waals surface area (Å²) in [6, 6.07) is -0.559. The Bertz CT molecular complexity index is 1090. The zero-order chi connectivity index (χ0) is 50.7. The van der Waals surface area contributed by atoms with E-state index in [-0.39, 0.29) is 18.5 Å². The summed E-state index contributed by atoms with van der Waals surface area (Å²) in [5.41, 5.74) is 0. The number of carbonyl (C=O) groups is 2. The van der Waals surface area contributed by atoms with Crippen molar-refractivity contribution in [2.45, 2.75) is 360 Å². The van der Waals surface area contributed by atoms with Crippen molar-refractivity contribution in [3.63, 3.8) is 0 Å². The Hall–Kier alpha value is -1.66. The molecule has 2 unspecified atom stereocenters. The van der Waals surface area contributed by atoms with Crippen molar-refractivity contribution in [3.8, 4) is 0 Å². The van der Waals surface area contributed by atoms with E-state index in [9.17, 15) is 19.8 Å². The van der Waals surface area contributed by atoms with Crippen molar-refractivity contribution in [1.82, 2.24) is 5.32 Å². The number of allylic oxidation sites excluding steroid dienone is 4. The Kier molecular flexibility index (Phi) is 58.5. The first-order valence-electron chi connectivity index (χ1n) is 31.6. The fourth-order valence-electron chi connectivity index (χ4n) is 9.93. The van der Waals surface area contributed by atoms with Crippen LogP contribution in [0.2, 0.25) is 0 Å². The zero-order valence-electron chi connectivity index (χ0n) is 47.3. The van der Waals surface area contributed by atoms with Crippen LogP contribution in [-0.4, -0.2) is 47.4 Å².